The first-order chi connectivity index (χ1) is 14.1. The molecule has 1 amide bonds. The molecule has 1 N–H and O–H groups in total. The standard InChI is InChI=1S/C23H25N3O3S/c1-16-8-10-19(11-9-16)15-26-18(3)22(17(2)25-26)12-13-23(27)24-20-6-5-7-21(14-20)30(4,28)29/h5-14H,15H2,1-4H3,(H,24,27)/b13-12+. The number of carbonyl (C=O) groups is 1. The largest absolute Gasteiger partial charge is 0.322 e. The maximum atomic E-state index is 12.3. The fourth-order valence-electron chi connectivity index (χ4n) is 3.12. The summed E-state index contributed by atoms with van der Waals surface area (Å²) >= 11 is 0. The van der Waals surface area contributed by atoms with Crippen molar-refractivity contribution in [2.45, 2.75) is 32.2 Å². The van der Waals surface area contributed by atoms with Gasteiger partial charge in [0.05, 0.1) is 17.1 Å². The van der Waals surface area contributed by atoms with Crippen LogP contribution in [-0.4, -0.2) is 30.4 Å². The first-order valence-electron chi connectivity index (χ1n) is 9.52. The first kappa shape index (κ1) is 21.5. The van der Waals surface area contributed by atoms with Crippen molar-refractivity contribution in [3.63, 3.8) is 0 Å². The van der Waals surface area contributed by atoms with Crippen molar-refractivity contribution in [2.75, 3.05) is 11.6 Å². The number of benzene rings is 2. The van der Waals surface area contributed by atoms with Gasteiger partial charge in [0.15, 0.2) is 9.84 Å². The normalized spacial score (nSPS) is 11.7. The van der Waals surface area contributed by atoms with Crippen LogP contribution in [0.15, 0.2) is 59.5 Å². The van der Waals surface area contributed by atoms with Crippen LogP contribution in [0.3, 0.4) is 0 Å². The van der Waals surface area contributed by atoms with Gasteiger partial charge in [-0.1, -0.05) is 35.9 Å². The number of anilines is 1. The highest BCUT2D eigenvalue weighted by Crippen LogP contribution is 2.18. The quantitative estimate of drug-likeness (QED) is 0.610. The Bertz CT molecular complexity index is 1210. The van der Waals surface area contributed by atoms with Gasteiger partial charge in [-0.15, -0.1) is 0 Å². The van der Waals surface area contributed by atoms with Crippen molar-refractivity contribution < 1.29 is 13.2 Å². The second-order valence-corrected chi connectivity index (χ2v) is 9.37. The number of rotatable bonds is 6. The maximum absolute atomic E-state index is 12.3. The summed E-state index contributed by atoms with van der Waals surface area (Å²) in [4.78, 5) is 12.5. The van der Waals surface area contributed by atoms with E-state index in [9.17, 15) is 13.2 Å². The molecule has 156 valence electrons. The molecule has 30 heavy (non-hydrogen) atoms. The number of nitrogens with zero attached hydrogens (tertiary/aromatic N) is 2. The number of carbonyl (C=O) groups excluding carboxylic acids is 1. The van der Waals surface area contributed by atoms with Crippen LogP contribution >= 0.6 is 0 Å². The molecule has 0 spiro atoms. The molecule has 1 aromatic heterocycles. The van der Waals surface area contributed by atoms with Crippen molar-refractivity contribution in [1.82, 2.24) is 9.78 Å². The van der Waals surface area contributed by atoms with Gasteiger partial charge in [-0.2, -0.15) is 5.10 Å². The predicted octanol–water partition coefficient (Wildman–Crippen LogP) is 3.91. The molecule has 0 fully saturated rings. The SMILES string of the molecule is Cc1ccc(Cn2nc(C)c(/C=C/C(=O)Nc3cccc(S(C)(=O)=O)c3)c2C)cc1. The Balaban J connectivity index is 1.73. The fourth-order valence-corrected chi connectivity index (χ4v) is 3.79. The minimum absolute atomic E-state index is 0.161. The second-order valence-electron chi connectivity index (χ2n) is 7.35. The fraction of sp³-hybridized carbons (Fsp3) is 0.217. The summed E-state index contributed by atoms with van der Waals surface area (Å²) in [6.45, 7) is 6.59. The molecule has 3 rings (SSSR count). The highest BCUT2D eigenvalue weighted by molar-refractivity contribution is 7.90. The van der Waals surface area contributed by atoms with E-state index in [-0.39, 0.29) is 10.8 Å². The van der Waals surface area contributed by atoms with E-state index in [4.69, 9.17) is 0 Å². The summed E-state index contributed by atoms with van der Waals surface area (Å²) < 4.78 is 25.3. The average Bonchev–Trinajstić information content (AvgIpc) is 2.94. The number of hydrogen-bond donors (Lipinski definition) is 1. The van der Waals surface area contributed by atoms with Crippen LogP contribution in [0.5, 0.6) is 0 Å². The molecule has 7 heteroatoms. The van der Waals surface area contributed by atoms with Gasteiger partial charge in [-0.25, -0.2) is 8.42 Å². The van der Waals surface area contributed by atoms with Gasteiger partial charge < -0.3 is 5.32 Å². The number of aromatic nitrogens is 2. The van der Waals surface area contributed by atoms with E-state index >= 15 is 0 Å². The minimum Gasteiger partial charge on any atom is -0.322 e. The highest BCUT2D eigenvalue weighted by atomic mass is 32.2. The van der Waals surface area contributed by atoms with E-state index in [0.29, 0.717) is 12.2 Å². The Kier molecular flexibility index (Phi) is 6.22. The zero-order chi connectivity index (χ0) is 21.9. The van der Waals surface area contributed by atoms with Crippen molar-refractivity contribution in [3.05, 3.63) is 82.7 Å². The molecule has 0 bridgehead atoms. The van der Waals surface area contributed by atoms with E-state index in [2.05, 4.69) is 41.6 Å². The number of nitrogens with one attached hydrogen (secondary N) is 1. The predicted molar refractivity (Wildman–Crippen MR) is 119 cm³/mol. The Hall–Kier alpha value is -3.19. The molecule has 0 unspecified atom stereocenters. The van der Waals surface area contributed by atoms with Crippen molar-refractivity contribution >= 4 is 27.5 Å². The monoisotopic (exact) mass is 423 g/mol. The third-order valence-electron chi connectivity index (χ3n) is 4.82. The summed E-state index contributed by atoms with van der Waals surface area (Å²) in [7, 11) is -3.33. The summed E-state index contributed by atoms with van der Waals surface area (Å²) in [5.41, 5.74) is 5.49. The average molecular weight is 424 g/mol. The Morgan fingerprint density at radius 3 is 2.47 bits per heavy atom. The molecule has 0 aliphatic carbocycles. The van der Waals surface area contributed by atoms with E-state index in [1.807, 2.05) is 18.5 Å². The summed E-state index contributed by atoms with van der Waals surface area (Å²) in [5.74, 6) is -0.342. The van der Waals surface area contributed by atoms with Gasteiger partial charge in [0.25, 0.3) is 0 Å². The lowest BCUT2D eigenvalue weighted by atomic mass is 10.1. The molecule has 0 atom stereocenters. The highest BCUT2D eigenvalue weighted by Gasteiger charge is 2.11. The lowest BCUT2D eigenvalue weighted by Crippen LogP contribution is -2.08. The van der Waals surface area contributed by atoms with E-state index in [1.54, 1.807) is 18.2 Å². The van der Waals surface area contributed by atoms with Crippen molar-refractivity contribution in [1.29, 1.82) is 0 Å². The lowest BCUT2D eigenvalue weighted by Gasteiger charge is -2.06. The third-order valence-corrected chi connectivity index (χ3v) is 5.93. The summed E-state index contributed by atoms with van der Waals surface area (Å²) in [6.07, 6.45) is 4.30. The van der Waals surface area contributed by atoms with Crippen LogP contribution in [0.25, 0.3) is 6.08 Å². The lowest BCUT2D eigenvalue weighted by molar-refractivity contribution is -0.111. The molecular formula is C23H25N3O3S. The van der Waals surface area contributed by atoms with Crippen molar-refractivity contribution in [2.24, 2.45) is 0 Å². The third kappa shape index (κ3) is 5.24. The number of sulfone groups is 1. The molecule has 0 aliphatic rings. The van der Waals surface area contributed by atoms with Crippen LogP contribution in [0.1, 0.15) is 28.1 Å². The van der Waals surface area contributed by atoms with Gasteiger partial charge in [0.2, 0.25) is 5.91 Å². The first-order valence-corrected chi connectivity index (χ1v) is 11.4. The Morgan fingerprint density at radius 2 is 1.80 bits per heavy atom. The van der Waals surface area contributed by atoms with Gasteiger partial charge >= 0.3 is 0 Å². The van der Waals surface area contributed by atoms with Gasteiger partial charge in [0.1, 0.15) is 0 Å². The van der Waals surface area contributed by atoms with Crippen LogP contribution in [-0.2, 0) is 21.2 Å². The van der Waals surface area contributed by atoms with Gasteiger partial charge in [-0.3, -0.25) is 9.48 Å². The van der Waals surface area contributed by atoms with Crippen LogP contribution in [0.2, 0.25) is 0 Å². The summed E-state index contributed by atoms with van der Waals surface area (Å²) in [5, 5.41) is 7.29. The molecule has 3 aromatic rings. The van der Waals surface area contributed by atoms with E-state index in [0.717, 1.165) is 28.8 Å². The zero-order valence-electron chi connectivity index (χ0n) is 17.5. The van der Waals surface area contributed by atoms with Crippen LogP contribution in [0.4, 0.5) is 5.69 Å². The van der Waals surface area contributed by atoms with E-state index in [1.165, 1.54) is 23.8 Å². The van der Waals surface area contributed by atoms with E-state index < -0.39 is 9.84 Å². The molecule has 2 aromatic carbocycles. The molecular weight excluding hydrogens is 398 g/mol. The molecule has 0 radical (unpaired) electrons. The maximum Gasteiger partial charge on any atom is 0.248 e. The minimum atomic E-state index is -3.33. The second kappa shape index (κ2) is 8.67. The molecule has 0 saturated carbocycles. The topological polar surface area (TPSA) is 81.1 Å². The van der Waals surface area contributed by atoms with Crippen LogP contribution < -0.4 is 5.32 Å². The van der Waals surface area contributed by atoms with Crippen LogP contribution in [0, 0.1) is 20.8 Å². The van der Waals surface area contributed by atoms with Gasteiger partial charge in [-0.05, 0) is 50.6 Å². The molecule has 1 heterocycles. The smallest absolute Gasteiger partial charge is 0.248 e. The molecule has 0 saturated heterocycles. The Labute approximate surface area is 177 Å². The number of amides is 1. The number of hydrogen-bond acceptors (Lipinski definition) is 4. The Morgan fingerprint density at radius 1 is 1.10 bits per heavy atom. The zero-order valence-corrected chi connectivity index (χ0v) is 18.3. The van der Waals surface area contributed by atoms with Gasteiger partial charge in [0, 0.05) is 29.3 Å². The summed E-state index contributed by atoms with van der Waals surface area (Å²) in [6, 6.07) is 14.5. The van der Waals surface area contributed by atoms with Crippen molar-refractivity contribution in [3.8, 4) is 0 Å². The molecule has 0 aliphatic heterocycles. The number of aryl methyl sites for hydroxylation is 2. The molecule has 6 nitrogen and oxygen atoms in total.